The Morgan fingerprint density at radius 1 is 1.15 bits per heavy atom. The number of aromatic nitrogens is 1. The minimum Gasteiger partial charge on any atom is -0.489 e. The van der Waals surface area contributed by atoms with Gasteiger partial charge in [-0.05, 0) is 80.2 Å². The number of ether oxygens (including phenoxy) is 1. The van der Waals surface area contributed by atoms with Crippen molar-refractivity contribution < 1.29 is 4.74 Å². The molecular weight excluding hydrogens is 248 g/mol. The van der Waals surface area contributed by atoms with Gasteiger partial charge in [-0.15, -0.1) is 0 Å². The smallest absolute Gasteiger partial charge is 0.166 e. The molecule has 2 N–H and O–H groups in total. The van der Waals surface area contributed by atoms with E-state index in [1.54, 1.807) is 6.20 Å². The molecule has 4 aliphatic carbocycles. The first-order chi connectivity index (χ1) is 9.69. The van der Waals surface area contributed by atoms with Crippen LogP contribution in [0, 0.1) is 36.5 Å². The Labute approximate surface area is 120 Å². The lowest BCUT2D eigenvalue weighted by atomic mass is 9.52. The molecule has 4 bridgehead atoms. The Bertz CT molecular complexity index is 486. The fourth-order valence-corrected chi connectivity index (χ4v) is 5.16. The highest BCUT2D eigenvalue weighted by Crippen LogP contribution is 2.56. The third-order valence-corrected chi connectivity index (χ3v) is 5.87. The minimum atomic E-state index is 0.527. The molecule has 0 spiro atoms. The molecule has 4 saturated carbocycles. The van der Waals surface area contributed by atoms with Gasteiger partial charge in [-0.3, -0.25) is 0 Å². The average molecular weight is 272 g/mol. The monoisotopic (exact) mass is 272 g/mol. The first-order valence-electron chi connectivity index (χ1n) is 8.04. The predicted octanol–water partition coefficient (Wildman–Crippen LogP) is 3.42. The Morgan fingerprint density at radius 3 is 2.45 bits per heavy atom. The summed E-state index contributed by atoms with van der Waals surface area (Å²) in [5.41, 5.74) is 7.02. The van der Waals surface area contributed by atoms with Crippen molar-refractivity contribution in [1.82, 2.24) is 4.98 Å². The van der Waals surface area contributed by atoms with E-state index in [0.717, 1.165) is 47.5 Å². The second-order valence-corrected chi connectivity index (χ2v) is 7.30. The van der Waals surface area contributed by atoms with Gasteiger partial charge in [-0.1, -0.05) is 0 Å². The van der Waals surface area contributed by atoms with Gasteiger partial charge in [0.2, 0.25) is 0 Å². The number of nitrogens with zero attached hydrogens (tertiary/aromatic N) is 1. The van der Waals surface area contributed by atoms with Gasteiger partial charge in [0.15, 0.2) is 11.6 Å². The summed E-state index contributed by atoms with van der Waals surface area (Å²) in [4.78, 5) is 4.19. The second-order valence-electron chi connectivity index (χ2n) is 7.30. The third kappa shape index (κ3) is 2.07. The van der Waals surface area contributed by atoms with Crippen LogP contribution in [0.3, 0.4) is 0 Å². The standard InChI is InChI=1S/C17H24N2O/c1-10-2-16(17(18)19-8-10)20-9-15-13-4-11-3-12(6-13)7-14(15)5-11/h2,8,11-15H,3-7,9H2,1H3,(H2,18,19). The van der Waals surface area contributed by atoms with E-state index in [9.17, 15) is 0 Å². The summed E-state index contributed by atoms with van der Waals surface area (Å²) in [6, 6.07) is 2.01. The van der Waals surface area contributed by atoms with Gasteiger partial charge in [-0.2, -0.15) is 0 Å². The molecule has 5 rings (SSSR count). The topological polar surface area (TPSA) is 48.1 Å². The highest BCUT2D eigenvalue weighted by atomic mass is 16.5. The number of aryl methyl sites for hydroxylation is 1. The van der Waals surface area contributed by atoms with Crippen LogP contribution in [-0.4, -0.2) is 11.6 Å². The summed E-state index contributed by atoms with van der Waals surface area (Å²) in [5.74, 6) is 5.93. The van der Waals surface area contributed by atoms with Crippen molar-refractivity contribution >= 4 is 5.82 Å². The van der Waals surface area contributed by atoms with Gasteiger partial charge < -0.3 is 10.5 Å². The van der Waals surface area contributed by atoms with E-state index in [4.69, 9.17) is 10.5 Å². The quantitative estimate of drug-likeness (QED) is 0.917. The zero-order chi connectivity index (χ0) is 13.7. The fourth-order valence-electron chi connectivity index (χ4n) is 5.16. The molecule has 3 heteroatoms. The van der Waals surface area contributed by atoms with Crippen LogP contribution in [0.1, 0.15) is 37.7 Å². The van der Waals surface area contributed by atoms with Crippen molar-refractivity contribution in [3.05, 3.63) is 17.8 Å². The van der Waals surface area contributed by atoms with E-state index in [1.807, 2.05) is 13.0 Å². The average Bonchev–Trinajstić information content (AvgIpc) is 2.41. The molecule has 0 aromatic carbocycles. The zero-order valence-corrected chi connectivity index (χ0v) is 12.2. The van der Waals surface area contributed by atoms with Crippen LogP contribution in [0.5, 0.6) is 5.75 Å². The van der Waals surface area contributed by atoms with E-state index < -0.39 is 0 Å². The van der Waals surface area contributed by atoms with Crippen LogP contribution < -0.4 is 10.5 Å². The van der Waals surface area contributed by atoms with Gasteiger partial charge in [0, 0.05) is 6.20 Å². The van der Waals surface area contributed by atoms with Gasteiger partial charge in [-0.25, -0.2) is 4.98 Å². The third-order valence-electron chi connectivity index (χ3n) is 5.87. The number of hydrogen-bond donors (Lipinski definition) is 1. The Balaban J connectivity index is 1.46. The molecular formula is C17H24N2O. The molecule has 4 aliphatic rings. The van der Waals surface area contributed by atoms with Crippen molar-refractivity contribution in [1.29, 1.82) is 0 Å². The molecule has 1 aromatic heterocycles. The fraction of sp³-hybridized carbons (Fsp3) is 0.706. The van der Waals surface area contributed by atoms with Gasteiger partial charge >= 0.3 is 0 Å². The summed E-state index contributed by atoms with van der Waals surface area (Å²) in [6.45, 7) is 2.87. The van der Waals surface area contributed by atoms with Crippen LogP contribution in [0.4, 0.5) is 5.82 Å². The zero-order valence-electron chi connectivity index (χ0n) is 12.2. The van der Waals surface area contributed by atoms with Crippen molar-refractivity contribution in [2.75, 3.05) is 12.3 Å². The van der Waals surface area contributed by atoms with E-state index in [1.165, 1.54) is 32.1 Å². The van der Waals surface area contributed by atoms with Crippen LogP contribution in [0.25, 0.3) is 0 Å². The van der Waals surface area contributed by atoms with Crippen molar-refractivity contribution in [3.63, 3.8) is 0 Å². The van der Waals surface area contributed by atoms with Crippen LogP contribution in [0.2, 0.25) is 0 Å². The highest BCUT2D eigenvalue weighted by Gasteiger charge is 2.48. The lowest BCUT2D eigenvalue weighted by molar-refractivity contribution is -0.0528. The molecule has 20 heavy (non-hydrogen) atoms. The van der Waals surface area contributed by atoms with E-state index in [-0.39, 0.29) is 0 Å². The highest BCUT2D eigenvalue weighted by molar-refractivity contribution is 5.46. The maximum absolute atomic E-state index is 6.06. The Hall–Kier alpha value is -1.25. The summed E-state index contributed by atoms with van der Waals surface area (Å²) in [7, 11) is 0. The molecule has 1 aromatic rings. The minimum absolute atomic E-state index is 0.527. The van der Waals surface area contributed by atoms with Crippen molar-refractivity contribution in [2.45, 2.75) is 39.0 Å². The molecule has 3 nitrogen and oxygen atoms in total. The number of pyridine rings is 1. The maximum atomic E-state index is 6.06. The lowest BCUT2D eigenvalue weighted by Crippen LogP contribution is -2.47. The first kappa shape index (κ1) is 12.5. The normalized spacial score (nSPS) is 38.1. The largest absolute Gasteiger partial charge is 0.489 e. The van der Waals surface area contributed by atoms with Crippen molar-refractivity contribution in [2.24, 2.45) is 29.6 Å². The summed E-state index contributed by atoms with van der Waals surface area (Å²) >= 11 is 0. The predicted molar refractivity (Wildman–Crippen MR) is 79.4 cm³/mol. The molecule has 0 aliphatic heterocycles. The van der Waals surface area contributed by atoms with Crippen LogP contribution in [-0.2, 0) is 0 Å². The Kier molecular flexibility index (Phi) is 2.90. The first-order valence-corrected chi connectivity index (χ1v) is 8.04. The van der Waals surface area contributed by atoms with Crippen molar-refractivity contribution in [3.8, 4) is 5.75 Å². The second kappa shape index (κ2) is 4.64. The lowest BCUT2D eigenvalue weighted by Gasteiger charge is -2.54. The molecule has 0 amide bonds. The number of hydrogen-bond acceptors (Lipinski definition) is 3. The van der Waals surface area contributed by atoms with E-state index in [0.29, 0.717) is 5.82 Å². The van der Waals surface area contributed by atoms with Gasteiger partial charge in [0.25, 0.3) is 0 Å². The molecule has 0 unspecified atom stereocenters. The molecule has 1 heterocycles. The number of nitrogens with two attached hydrogens (primary N) is 1. The molecule has 108 valence electrons. The van der Waals surface area contributed by atoms with Crippen LogP contribution in [0.15, 0.2) is 12.3 Å². The number of rotatable bonds is 3. The molecule has 0 saturated heterocycles. The van der Waals surface area contributed by atoms with E-state index in [2.05, 4.69) is 4.98 Å². The number of nitrogen functional groups attached to an aromatic ring is 1. The summed E-state index contributed by atoms with van der Waals surface area (Å²) in [6.07, 6.45) is 9.09. The molecule has 0 atom stereocenters. The molecule has 4 fully saturated rings. The van der Waals surface area contributed by atoms with Crippen LogP contribution >= 0.6 is 0 Å². The van der Waals surface area contributed by atoms with Gasteiger partial charge in [0.05, 0.1) is 6.61 Å². The SMILES string of the molecule is Cc1cnc(N)c(OCC2C3CC4CC(C3)CC2C4)c1. The van der Waals surface area contributed by atoms with E-state index >= 15 is 0 Å². The number of anilines is 1. The molecule has 0 radical (unpaired) electrons. The maximum Gasteiger partial charge on any atom is 0.166 e. The summed E-state index contributed by atoms with van der Waals surface area (Å²) < 4.78 is 6.06. The summed E-state index contributed by atoms with van der Waals surface area (Å²) in [5, 5.41) is 0. The Morgan fingerprint density at radius 2 is 1.80 bits per heavy atom. The van der Waals surface area contributed by atoms with Gasteiger partial charge in [0.1, 0.15) is 0 Å².